The van der Waals surface area contributed by atoms with Crippen molar-refractivity contribution in [3.8, 4) is 0 Å². The van der Waals surface area contributed by atoms with Crippen molar-refractivity contribution in [1.82, 2.24) is 20.2 Å². The van der Waals surface area contributed by atoms with E-state index >= 15 is 0 Å². The first-order valence-corrected chi connectivity index (χ1v) is 12.8. The Labute approximate surface area is 237 Å². The van der Waals surface area contributed by atoms with Gasteiger partial charge in [0.2, 0.25) is 0 Å². The first kappa shape index (κ1) is 30.8. The van der Waals surface area contributed by atoms with Gasteiger partial charge in [0.15, 0.2) is 0 Å². The molecule has 42 heavy (non-hydrogen) atoms. The SMILES string of the molecule is COC(=O)C(=O)N1CCCC(N(Cc2cc(C(F)(F)F)cc(C(F)(F)F)c2)c2nnn(C)n2)c2cc(C)c(C)c(C)c21. The van der Waals surface area contributed by atoms with Crippen molar-refractivity contribution in [2.45, 2.75) is 58.6 Å². The van der Waals surface area contributed by atoms with Crippen molar-refractivity contribution in [3.63, 3.8) is 0 Å². The first-order chi connectivity index (χ1) is 19.5. The molecule has 1 atom stereocenters. The lowest BCUT2D eigenvalue weighted by Gasteiger charge is -2.33. The lowest BCUT2D eigenvalue weighted by molar-refractivity contribution is -0.151. The van der Waals surface area contributed by atoms with E-state index in [1.54, 1.807) is 13.0 Å². The molecule has 0 bridgehead atoms. The third-order valence-corrected chi connectivity index (χ3v) is 7.38. The third-order valence-electron chi connectivity index (χ3n) is 7.38. The van der Waals surface area contributed by atoms with Gasteiger partial charge in [-0.1, -0.05) is 11.2 Å². The van der Waals surface area contributed by atoms with Crippen LogP contribution in [0.15, 0.2) is 24.3 Å². The molecule has 0 saturated heterocycles. The number of ether oxygens (including phenoxy) is 1. The normalized spacial score (nSPS) is 15.7. The molecule has 226 valence electrons. The highest BCUT2D eigenvalue weighted by atomic mass is 19.4. The number of fused-ring (bicyclic) bond motifs is 1. The Morgan fingerprint density at radius 1 is 1.00 bits per heavy atom. The number of alkyl halides is 6. The highest BCUT2D eigenvalue weighted by Gasteiger charge is 2.39. The molecule has 1 aromatic heterocycles. The van der Waals surface area contributed by atoms with Crippen LogP contribution < -0.4 is 9.80 Å². The summed E-state index contributed by atoms with van der Waals surface area (Å²) in [4.78, 5) is 29.2. The summed E-state index contributed by atoms with van der Waals surface area (Å²) in [6, 6.07) is 2.47. The molecule has 1 amide bonds. The van der Waals surface area contributed by atoms with Gasteiger partial charge >= 0.3 is 24.2 Å². The monoisotopic (exact) mass is 598 g/mol. The van der Waals surface area contributed by atoms with E-state index in [0.717, 1.165) is 23.0 Å². The molecule has 1 unspecified atom stereocenters. The van der Waals surface area contributed by atoms with Crippen LogP contribution in [-0.4, -0.2) is 45.7 Å². The molecule has 15 heteroatoms. The van der Waals surface area contributed by atoms with Crippen LogP contribution in [0.3, 0.4) is 0 Å². The number of carbonyl (C=O) groups is 2. The summed E-state index contributed by atoms with van der Waals surface area (Å²) in [5.41, 5.74) is 0.113. The number of amides is 1. The fourth-order valence-corrected chi connectivity index (χ4v) is 5.16. The second-order valence-electron chi connectivity index (χ2n) is 10.1. The van der Waals surface area contributed by atoms with E-state index in [-0.39, 0.29) is 24.1 Å². The van der Waals surface area contributed by atoms with Gasteiger partial charge in [-0.15, -0.1) is 5.10 Å². The van der Waals surface area contributed by atoms with Crippen LogP contribution in [0.2, 0.25) is 0 Å². The molecule has 9 nitrogen and oxygen atoms in total. The maximum absolute atomic E-state index is 13.7. The molecule has 0 fully saturated rings. The number of halogens is 6. The maximum Gasteiger partial charge on any atom is 0.416 e. The smallest absolute Gasteiger partial charge is 0.416 e. The molecular weight excluding hydrogens is 570 g/mol. The lowest BCUT2D eigenvalue weighted by atomic mass is 9.91. The fourth-order valence-electron chi connectivity index (χ4n) is 5.16. The van der Waals surface area contributed by atoms with Crippen LogP contribution in [0, 0.1) is 20.8 Å². The Kier molecular flexibility index (Phi) is 8.24. The van der Waals surface area contributed by atoms with Gasteiger partial charge < -0.3 is 14.5 Å². The van der Waals surface area contributed by atoms with Crippen LogP contribution >= 0.6 is 0 Å². The molecule has 1 aliphatic rings. The molecule has 0 aliphatic carbocycles. The van der Waals surface area contributed by atoms with Crippen molar-refractivity contribution in [1.29, 1.82) is 0 Å². The van der Waals surface area contributed by atoms with E-state index in [4.69, 9.17) is 0 Å². The Morgan fingerprint density at radius 3 is 2.14 bits per heavy atom. The van der Waals surface area contributed by atoms with Crippen LogP contribution in [0.4, 0.5) is 38.0 Å². The highest BCUT2D eigenvalue weighted by Crippen LogP contribution is 2.43. The van der Waals surface area contributed by atoms with Gasteiger partial charge in [0.25, 0.3) is 5.95 Å². The fraction of sp³-hybridized carbons (Fsp3) is 0.444. The summed E-state index contributed by atoms with van der Waals surface area (Å²) >= 11 is 0. The van der Waals surface area contributed by atoms with E-state index in [9.17, 15) is 35.9 Å². The molecule has 4 rings (SSSR count). The van der Waals surface area contributed by atoms with Gasteiger partial charge in [0.1, 0.15) is 0 Å². The summed E-state index contributed by atoms with van der Waals surface area (Å²) in [5.74, 6) is -2.02. The lowest BCUT2D eigenvalue weighted by Crippen LogP contribution is -2.38. The second kappa shape index (κ2) is 11.2. The molecule has 0 radical (unpaired) electrons. The summed E-state index contributed by atoms with van der Waals surface area (Å²) in [6.07, 6.45) is -9.43. The quantitative estimate of drug-likeness (QED) is 0.231. The number of methoxy groups -OCH3 is 1. The Balaban J connectivity index is 1.93. The summed E-state index contributed by atoms with van der Waals surface area (Å²) in [5, 5.41) is 12.0. The van der Waals surface area contributed by atoms with Gasteiger partial charge in [-0.05, 0) is 84.8 Å². The Bertz CT molecular complexity index is 1480. The van der Waals surface area contributed by atoms with E-state index < -0.39 is 47.9 Å². The number of aryl methyl sites for hydroxylation is 2. The Morgan fingerprint density at radius 2 is 1.62 bits per heavy atom. The molecule has 2 heterocycles. The number of carbonyl (C=O) groups excluding carboxylic acids is 2. The van der Waals surface area contributed by atoms with Crippen molar-refractivity contribution < 1.29 is 40.7 Å². The second-order valence-corrected chi connectivity index (χ2v) is 10.1. The number of tetrazole rings is 1. The molecule has 1 aliphatic heterocycles. The largest absolute Gasteiger partial charge is 0.462 e. The first-order valence-electron chi connectivity index (χ1n) is 12.8. The maximum atomic E-state index is 13.7. The average molecular weight is 599 g/mol. The van der Waals surface area contributed by atoms with Crippen LogP contribution in [0.25, 0.3) is 0 Å². The number of anilines is 2. The van der Waals surface area contributed by atoms with Crippen LogP contribution in [0.1, 0.15) is 57.8 Å². The predicted octanol–water partition coefficient (Wildman–Crippen LogP) is 5.22. The molecule has 0 N–H and O–H groups in total. The van der Waals surface area contributed by atoms with Crippen molar-refractivity contribution in [2.24, 2.45) is 7.05 Å². The van der Waals surface area contributed by atoms with Crippen molar-refractivity contribution in [3.05, 3.63) is 63.2 Å². The molecular formula is C27H28F6N6O3. The van der Waals surface area contributed by atoms with E-state index in [2.05, 4.69) is 20.1 Å². The van der Waals surface area contributed by atoms with Crippen LogP contribution in [-0.2, 0) is 40.3 Å². The predicted molar refractivity (Wildman–Crippen MR) is 138 cm³/mol. The summed E-state index contributed by atoms with van der Waals surface area (Å²) < 4.78 is 86.6. The number of hydrogen-bond donors (Lipinski definition) is 0. The molecule has 0 saturated carbocycles. The molecule has 3 aromatic rings. The number of esters is 1. The van der Waals surface area contributed by atoms with Gasteiger partial charge in [-0.25, -0.2) is 4.79 Å². The summed E-state index contributed by atoms with van der Waals surface area (Å²) in [7, 11) is 2.55. The van der Waals surface area contributed by atoms with Crippen LogP contribution in [0.5, 0.6) is 0 Å². The Hall–Kier alpha value is -4.17. The minimum Gasteiger partial charge on any atom is -0.462 e. The standard InChI is InChI=1S/C27H28F6N6O3/c1-14-9-20-21(7-6-8-38(23(40)24(41)42-5)22(20)16(3)15(14)2)39(25-34-36-37(4)35-25)13-17-10-18(26(28,29)30)12-19(11-17)27(31,32)33/h9-12,21H,6-8,13H2,1-5H3. The van der Waals surface area contributed by atoms with Gasteiger partial charge in [0, 0.05) is 13.1 Å². The average Bonchev–Trinajstić information content (AvgIpc) is 3.26. The molecule has 0 spiro atoms. The topological polar surface area (TPSA) is 93.5 Å². The highest BCUT2D eigenvalue weighted by molar-refractivity contribution is 6.38. The number of nitrogens with zero attached hydrogens (tertiary/aromatic N) is 6. The zero-order valence-electron chi connectivity index (χ0n) is 23.4. The number of aromatic nitrogens is 4. The zero-order valence-corrected chi connectivity index (χ0v) is 23.4. The zero-order chi connectivity index (χ0) is 31.1. The molecule has 2 aromatic carbocycles. The van der Waals surface area contributed by atoms with Gasteiger partial charge in [-0.2, -0.15) is 31.1 Å². The van der Waals surface area contributed by atoms with Gasteiger partial charge in [-0.3, -0.25) is 4.79 Å². The number of hydrogen-bond acceptors (Lipinski definition) is 7. The third kappa shape index (κ3) is 6.04. The van der Waals surface area contributed by atoms with Gasteiger partial charge in [0.05, 0.1) is 37.0 Å². The van der Waals surface area contributed by atoms with Crippen molar-refractivity contribution >= 4 is 23.5 Å². The number of rotatable bonds is 4. The minimum absolute atomic E-state index is 0.0388. The van der Waals surface area contributed by atoms with E-state index in [1.807, 2.05) is 13.8 Å². The van der Waals surface area contributed by atoms with Crippen molar-refractivity contribution in [2.75, 3.05) is 23.5 Å². The number of benzene rings is 2. The van der Waals surface area contributed by atoms with E-state index in [1.165, 1.54) is 16.8 Å². The minimum atomic E-state index is -5.03. The summed E-state index contributed by atoms with van der Waals surface area (Å²) in [6.45, 7) is 5.12. The van der Waals surface area contributed by atoms with E-state index in [0.29, 0.717) is 41.8 Å².